The molecular formula is C22H40O4Si. The Hall–Kier alpha value is -1.10. The molecule has 0 saturated heterocycles. The van der Waals surface area contributed by atoms with Crippen LogP contribution in [-0.4, -0.2) is 33.2 Å². The molecule has 1 atom stereocenters. The molecular weight excluding hydrogens is 356 g/mol. The molecule has 1 rings (SSSR count). The van der Waals surface area contributed by atoms with Crippen molar-refractivity contribution >= 4 is 20.0 Å². The van der Waals surface area contributed by atoms with Gasteiger partial charge in [0, 0.05) is 18.3 Å². The first-order valence-corrected chi connectivity index (χ1v) is 13.4. The molecule has 0 aromatic rings. The molecule has 0 bridgehead atoms. The van der Waals surface area contributed by atoms with E-state index >= 15 is 0 Å². The fourth-order valence-electron chi connectivity index (χ4n) is 4.74. The van der Waals surface area contributed by atoms with Crippen molar-refractivity contribution in [3.05, 3.63) is 10.8 Å². The Bertz CT molecular complexity index is 520. The first-order valence-electron chi connectivity index (χ1n) is 10.7. The van der Waals surface area contributed by atoms with E-state index in [-0.39, 0.29) is 17.4 Å². The summed E-state index contributed by atoms with van der Waals surface area (Å²) < 4.78 is 11.1. The topological polar surface area (TPSA) is 52.6 Å². The van der Waals surface area contributed by atoms with Gasteiger partial charge in [0.25, 0.3) is 0 Å². The maximum absolute atomic E-state index is 11.8. The highest BCUT2D eigenvalue weighted by molar-refractivity contribution is 6.86. The van der Waals surface area contributed by atoms with Gasteiger partial charge >= 0.3 is 11.9 Å². The molecule has 0 amide bonds. The number of ether oxygens (including phenoxy) is 2. The van der Waals surface area contributed by atoms with Crippen molar-refractivity contribution in [2.75, 3.05) is 13.2 Å². The molecule has 27 heavy (non-hydrogen) atoms. The summed E-state index contributed by atoms with van der Waals surface area (Å²) in [4.78, 5) is 23.5. The van der Waals surface area contributed by atoms with E-state index in [4.69, 9.17) is 9.47 Å². The monoisotopic (exact) mass is 396 g/mol. The van der Waals surface area contributed by atoms with E-state index in [1.165, 1.54) is 23.7 Å². The minimum atomic E-state index is -1.43. The van der Waals surface area contributed by atoms with E-state index in [1.54, 1.807) is 5.20 Å². The molecule has 156 valence electrons. The lowest BCUT2D eigenvalue weighted by Crippen LogP contribution is -2.35. The highest BCUT2D eigenvalue weighted by Crippen LogP contribution is 2.49. The third kappa shape index (κ3) is 5.69. The Labute approximate surface area is 167 Å². The molecule has 0 N–H and O–H groups in total. The van der Waals surface area contributed by atoms with Crippen LogP contribution in [0.15, 0.2) is 10.8 Å². The highest BCUT2D eigenvalue weighted by atomic mass is 28.3. The number of carbonyl (C=O) groups is 2. The standard InChI is InChI=1S/C22H40O4Si/c1-8-20(23)25-15-22(16-26-21(24)9-2)13-17(6)19(14-22)18(7)27(10-3,11-4)12-5/h17H,8-16H2,1-7H3/b19-18-. The molecule has 1 fully saturated rings. The summed E-state index contributed by atoms with van der Waals surface area (Å²) in [5, 5.41) is 1.63. The lowest BCUT2D eigenvalue weighted by Gasteiger charge is -2.32. The van der Waals surface area contributed by atoms with Gasteiger partial charge in [-0.25, -0.2) is 0 Å². The third-order valence-corrected chi connectivity index (χ3v) is 12.8. The number of carbonyl (C=O) groups excluding carboxylic acids is 2. The SMILES string of the molecule is CCC(=O)OCC1(COC(=O)CC)C/C(=C(\C)[Si](CC)(CC)CC)C(C)C1. The Balaban J connectivity index is 3.17. The number of hydrogen-bond donors (Lipinski definition) is 0. The lowest BCUT2D eigenvalue weighted by molar-refractivity contribution is -0.153. The first-order chi connectivity index (χ1) is 12.7. The van der Waals surface area contributed by atoms with Gasteiger partial charge in [0.1, 0.15) is 13.2 Å². The van der Waals surface area contributed by atoms with Gasteiger partial charge in [-0.05, 0) is 25.7 Å². The molecule has 0 radical (unpaired) electrons. The van der Waals surface area contributed by atoms with Gasteiger partial charge in [-0.15, -0.1) is 0 Å². The number of esters is 2. The van der Waals surface area contributed by atoms with Crippen LogP contribution < -0.4 is 0 Å². The summed E-state index contributed by atoms with van der Waals surface area (Å²) in [5.41, 5.74) is 1.26. The minimum Gasteiger partial charge on any atom is -0.465 e. The predicted octanol–water partition coefficient (Wildman–Crippen LogP) is 5.67. The molecule has 5 heteroatoms. The summed E-state index contributed by atoms with van der Waals surface area (Å²) >= 11 is 0. The molecule has 0 spiro atoms. The number of hydrogen-bond acceptors (Lipinski definition) is 4. The van der Waals surface area contributed by atoms with Crippen LogP contribution in [0.3, 0.4) is 0 Å². The predicted molar refractivity (Wildman–Crippen MR) is 113 cm³/mol. The molecule has 1 saturated carbocycles. The van der Waals surface area contributed by atoms with Crippen LogP contribution in [0.2, 0.25) is 18.1 Å². The van der Waals surface area contributed by atoms with Gasteiger partial charge in [-0.2, -0.15) is 0 Å². The summed E-state index contributed by atoms with van der Waals surface area (Å²) in [6.45, 7) is 15.9. The molecule has 1 aliphatic rings. The second-order valence-corrected chi connectivity index (χ2v) is 13.7. The zero-order valence-electron chi connectivity index (χ0n) is 18.6. The first kappa shape index (κ1) is 23.9. The molecule has 1 unspecified atom stereocenters. The van der Waals surface area contributed by atoms with Crippen LogP contribution in [0.4, 0.5) is 0 Å². The Kier molecular flexibility index (Phi) is 9.26. The van der Waals surface area contributed by atoms with E-state index in [0.29, 0.717) is 32.0 Å². The molecule has 4 nitrogen and oxygen atoms in total. The van der Waals surface area contributed by atoms with Gasteiger partial charge in [-0.3, -0.25) is 9.59 Å². The zero-order chi connectivity index (χ0) is 20.7. The third-order valence-electron chi connectivity index (χ3n) is 6.86. The lowest BCUT2D eigenvalue weighted by atomic mass is 9.87. The van der Waals surface area contributed by atoms with E-state index in [0.717, 1.165) is 12.8 Å². The van der Waals surface area contributed by atoms with Crippen LogP contribution >= 0.6 is 0 Å². The molecule has 0 aliphatic heterocycles. The van der Waals surface area contributed by atoms with Crippen LogP contribution in [0.1, 0.15) is 74.1 Å². The van der Waals surface area contributed by atoms with Crippen molar-refractivity contribution < 1.29 is 19.1 Å². The number of allylic oxidation sites excluding steroid dienone is 2. The smallest absolute Gasteiger partial charge is 0.305 e. The van der Waals surface area contributed by atoms with Gasteiger partial charge in [0.2, 0.25) is 0 Å². The maximum Gasteiger partial charge on any atom is 0.305 e. The zero-order valence-corrected chi connectivity index (χ0v) is 19.6. The van der Waals surface area contributed by atoms with Crippen molar-refractivity contribution in [1.29, 1.82) is 0 Å². The second-order valence-electron chi connectivity index (χ2n) is 8.30. The van der Waals surface area contributed by atoms with E-state index < -0.39 is 8.07 Å². The van der Waals surface area contributed by atoms with Gasteiger partial charge in [0.15, 0.2) is 0 Å². The summed E-state index contributed by atoms with van der Waals surface area (Å²) in [7, 11) is -1.43. The summed E-state index contributed by atoms with van der Waals surface area (Å²) in [5.74, 6) is 0.0805. The summed E-state index contributed by atoms with van der Waals surface area (Å²) in [6.07, 6.45) is 2.54. The molecule has 0 aromatic carbocycles. The van der Waals surface area contributed by atoms with Crippen molar-refractivity contribution in [2.24, 2.45) is 11.3 Å². The van der Waals surface area contributed by atoms with Crippen molar-refractivity contribution in [2.45, 2.75) is 92.3 Å². The average molecular weight is 397 g/mol. The van der Waals surface area contributed by atoms with Crippen molar-refractivity contribution in [3.8, 4) is 0 Å². The van der Waals surface area contributed by atoms with Crippen LogP contribution in [0.5, 0.6) is 0 Å². The average Bonchev–Trinajstić information content (AvgIpc) is 3.02. The fraction of sp³-hybridized carbons (Fsp3) is 0.818. The van der Waals surface area contributed by atoms with Crippen molar-refractivity contribution in [3.63, 3.8) is 0 Å². The normalized spacial score (nSPS) is 21.1. The Morgan fingerprint density at radius 1 is 0.963 bits per heavy atom. The van der Waals surface area contributed by atoms with Gasteiger partial charge in [0.05, 0.1) is 8.07 Å². The highest BCUT2D eigenvalue weighted by Gasteiger charge is 2.45. The largest absolute Gasteiger partial charge is 0.465 e. The summed E-state index contributed by atoms with van der Waals surface area (Å²) in [6, 6.07) is 3.81. The van der Waals surface area contributed by atoms with Crippen molar-refractivity contribution in [1.82, 2.24) is 0 Å². The van der Waals surface area contributed by atoms with E-state index in [1.807, 2.05) is 13.8 Å². The fourth-order valence-corrected chi connectivity index (χ4v) is 8.85. The second kappa shape index (κ2) is 10.4. The van der Waals surface area contributed by atoms with Crippen LogP contribution in [0.25, 0.3) is 0 Å². The minimum absolute atomic E-state index is 0.183. The van der Waals surface area contributed by atoms with E-state index in [9.17, 15) is 9.59 Å². The maximum atomic E-state index is 11.8. The molecule has 0 aromatic heterocycles. The van der Waals surface area contributed by atoms with Gasteiger partial charge < -0.3 is 9.47 Å². The van der Waals surface area contributed by atoms with Crippen LogP contribution in [-0.2, 0) is 19.1 Å². The quantitative estimate of drug-likeness (QED) is 0.352. The molecule has 0 heterocycles. The number of rotatable bonds is 10. The molecule has 1 aliphatic carbocycles. The Morgan fingerprint density at radius 3 is 1.78 bits per heavy atom. The van der Waals surface area contributed by atoms with Crippen LogP contribution in [0, 0.1) is 11.3 Å². The Morgan fingerprint density at radius 2 is 1.41 bits per heavy atom. The van der Waals surface area contributed by atoms with E-state index in [2.05, 4.69) is 34.6 Å². The van der Waals surface area contributed by atoms with Gasteiger partial charge in [-0.1, -0.05) is 70.4 Å².